The normalized spacial score (nSPS) is 12.4. The third kappa shape index (κ3) is 4.31. The van der Waals surface area contributed by atoms with E-state index < -0.39 is 22.8 Å². The monoisotopic (exact) mass is 258 g/mol. The van der Waals surface area contributed by atoms with E-state index in [4.69, 9.17) is 5.11 Å². The summed E-state index contributed by atoms with van der Waals surface area (Å²) >= 11 is 0. The Morgan fingerprint density at radius 2 is 1.33 bits per heavy atom. The highest BCUT2D eigenvalue weighted by molar-refractivity contribution is 5.74. The lowest BCUT2D eigenvalue weighted by Gasteiger charge is -2.27. The lowest BCUT2D eigenvalue weighted by atomic mass is 9.77. The molecule has 0 saturated heterocycles. The van der Waals surface area contributed by atoms with Crippen LogP contribution in [0.25, 0.3) is 0 Å². The van der Waals surface area contributed by atoms with Crippen molar-refractivity contribution in [3.05, 3.63) is 0 Å². The van der Waals surface area contributed by atoms with Crippen molar-refractivity contribution in [1.29, 1.82) is 0 Å². The van der Waals surface area contributed by atoms with Gasteiger partial charge in [-0.25, -0.2) is 0 Å². The molecular formula is C14H26O4. The summed E-state index contributed by atoms with van der Waals surface area (Å²) in [5.41, 5.74) is -1.35. The van der Waals surface area contributed by atoms with Crippen LogP contribution in [-0.4, -0.2) is 22.2 Å². The van der Waals surface area contributed by atoms with E-state index in [1.807, 2.05) is 13.8 Å². The molecule has 4 nitrogen and oxygen atoms in total. The smallest absolute Gasteiger partial charge is 0.309 e. The van der Waals surface area contributed by atoms with Crippen LogP contribution in [0, 0.1) is 10.8 Å². The fourth-order valence-corrected chi connectivity index (χ4v) is 2.15. The van der Waals surface area contributed by atoms with Gasteiger partial charge in [0.1, 0.15) is 0 Å². The molecule has 0 amide bonds. The number of hydrogen-bond donors (Lipinski definition) is 2. The van der Waals surface area contributed by atoms with Crippen molar-refractivity contribution in [1.82, 2.24) is 0 Å². The van der Waals surface area contributed by atoms with Gasteiger partial charge in [0.25, 0.3) is 0 Å². The summed E-state index contributed by atoms with van der Waals surface area (Å²) < 4.78 is 0. The topological polar surface area (TPSA) is 74.6 Å². The largest absolute Gasteiger partial charge is 0.481 e. The lowest BCUT2D eigenvalue weighted by molar-refractivity contribution is -0.150. The van der Waals surface area contributed by atoms with Crippen LogP contribution in [0.3, 0.4) is 0 Å². The summed E-state index contributed by atoms with van der Waals surface area (Å²) in [5, 5.41) is 18.3. The van der Waals surface area contributed by atoms with Gasteiger partial charge >= 0.3 is 11.9 Å². The highest BCUT2D eigenvalue weighted by Gasteiger charge is 2.34. The Morgan fingerprint density at radius 1 is 0.889 bits per heavy atom. The second-order valence-corrected chi connectivity index (χ2v) is 5.69. The van der Waals surface area contributed by atoms with Gasteiger partial charge in [-0.2, -0.15) is 0 Å². The summed E-state index contributed by atoms with van der Waals surface area (Å²) in [6, 6.07) is 0. The molecule has 0 atom stereocenters. The Bertz CT molecular complexity index is 290. The van der Waals surface area contributed by atoms with E-state index in [1.54, 1.807) is 13.8 Å². The zero-order valence-corrected chi connectivity index (χ0v) is 12.0. The number of rotatable bonds is 9. The summed E-state index contributed by atoms with van der Waals surface area (Å²) in [4.78, 5) is 22.2. The van der Waals surface area contributed by atoms with Crippen molar-refractivity contribution in [2.45, 2.75) is 66.2 Å². The first-order valence-corrected chi connectivity index (χ1v) is 6.68. The Balaban J connectivity index is 4.25. The maximum absolute atomic E-state index is 11.3. The number of hydrogen-bond acceptors (Lipinski definition) is 2. The molecule has 0 aliphatic carbocycles. The molecule has 0 aromatic heterocycles. The first-order valence-electron chi connectivity index (χ1n) is 6.68. The van der Waals surface area contributed by atoms with Crippen molar-refractivity contribution in [3.8, 4) is 0 Å². The second kappa shape index (κ2) is 6.76. The van der Waals surface area contributed by atoms with Crippen LogP contribution in [0.5, 0.6) is 0 Å². The maximum atomic E-state index is 11.3. The predicted molar refractivity (Wildman–Crippen MR) is 70.5 cm³/mol. The van der Waals surface area contributed by atoms with Gasteiger partial charge in [0.15, 0.2) is 0 Å². The average Bonchev–Trinajstić information content (AvgIpc) is 2.29. The van der Waals surface area contributed by atoms with E-state index >= 15 is 0 Å². The maximum Gasteiger partial charge on any atom is 0.309 e. The fourth-order valence-electron chi connectivity index (χ4n) is 2.15. The van der Waals surface area contributed by atoms with E-state index in [2.05, 4.69) is 0 Å². The highest BCUT2D eigenvalue weighted by atomic mass is 16.4. The van der Waals surface area contributed by atoms with Crippen molar-refractivity contribution >= 4 is 11.9 Å². The Kier molecular flexibility index (Phi) is 6.36. The molecule has 0 rings (SSSR count). The van der Waals surface area contributed by atoms with E-state index in [-0.39, 0.29) is 0 Å². The van der Waals surface area contributed by atoms with Crippen molar-refractivity contribution < 1.29 is 19.8 Å². The van der Waals surface area contributed by atoms with Gasteiger partial charge in [-0.05, 0) is 39.5 Å². The molecule has 0 aliphatic rings. The van der Waals surface area contributed by atoms with Crippen LogP contribution in [0.4, 0.5) is 0 Å². The van der Waals surface area contributed by atoms with Crippen LogP contribution in [0.1, 0.15) is 66.2 Å². The SMILES string of the molecule is CCC(CC)(CCCCC(C)(C)C(=O)O)C(=O)O. The summed E-state index contributed by atoms with van der Waals surface area (Å²) in [5.74, 6) is -1.53. The molecule has 18 heavy (non-hydrogen) atoms. The molecule has 0 radical (unpaired) electrons. The molecule has 0 heterocycles. The Labute approximate surface area is 109 Å². The van der Waals surface area contributed by atoms with Crippen molar-refractivity contribution in [2.75, 3.05) is 0 Å². The summed E-state index contributed by atoms with van der Waals surface area (Å²) in [6.07, 6.45) is 4.00. The van der Waals surface area contributed by atoms with E-state index in [9.17, 15) is 14.7 Å². The molecule has 0 bridgehead atoms. The van der Waals surface area contributed by atoms with Gasteiger partial charge in [0, 0.05) is 0 Å². The molecular weight excluding hydrogens is 232 g/mol. The van der Waals surface area contributed by atoms with Crippen LogP contribution < -0.4 is 0 Å². The third-order valence-electron chi connectivity index (χ3n) is 4.09. The number of carboxylic acids is 2. The standard InChI is InChI=1S/C14H26O4/c1-5-14(6-2,12(17)18)10-8-7-9-13(3,4)11(15)16/h5-10H2,1-4H3,(H,15,16)(H,17,18). The van der Waals surface area contributed by atoms with Gasteiger partial charge in [0.2, 0.25) is 0 Å². The molecule has 0 aliphatic heterocycles. The number of unbranched alkanes of at least 4 members (excludes halogenated alkanes) is 1. The van der Waals surface area contributed by atoms with Gasteiger partial charge < -0.3 is 10.2 Å². The zero-order valence-electron chi connectivity index (χ0n) is 12.0. The number of aliphatic carboxylic acids is 2. The first-order chi connectivity index (χ1) is 8.22. The van der Waals surface area contributed by atoms with Crippen LogP contribution in [-0.2, 0) is 9.59 Å². The van der Waals surface area contributed by atoms with E-state index in [0.717, 1.165) is 12.8 Å². The molecule has 0 unspecified atom stereocenters. The van der Waals surface area contributed by atoms with Crippen LogP contribution in [0.15, 0.2) is 0 Å². The van der Waals surface area contributed by atoms with Gasteiger partial charge in [-0.3, -0.25) is 9.59 Å². The molecule has 0 spiro atoms. The molecule has 4 heteroatoms. The molecule has 0 aromatic rings. The van der Waals surface area contributed by atoms with Gasteiger partial charge in [-0.15, -0.1) is 0 Å². The predicted octanol–water partition coefficient (Wildman–Crippen LogP) is 3.55. The highest BCUT2D eigenvalue weighted by Crippen LogP contribution is 2.34. The van der Waals surface area contributed by atoms with Crippen LogP contribution >= 0.6 is 0 Å². The molecule has 0 saturated carbocycles. The minimum absolute atomic E-state index is 0.589. The molecule has 0 fully saturated rings. The van der Waals surface area contributed by atoms with Crippen LogP contribution in [0.2, 0.25) is 0 Å². The minimum atomic E-state index is -0.794. The van der Waals surface area contributed by atoms with E-state index in [0.29, 0.717) is 25.7 Å². The van der Waals surface area contributed by atoms with Gasteiger partial charge in [0.05, 0.1) is 10.8 Å². The zero-order chi connectivity index (χ0) is 14.4. The quantitative estimate of drug-likeness (QED) is 0.620. The first kappa shape index (κ1) is 16.9. The number of carboxylic acid groups (broad SMARTS) is 2. The van der Waals surface area contributed by atoms with E-state index in [1.165, 1.54) is 0 Å². The third-order valence-corrected chi connectivity index (χ3v) is 4.09. The molecule has 0 aromatic carbocycles. The molecule has 2 N–H and O–H groups in total. The number of carbonyl (C=O) groups is 2. The van der Waals surface area contributed by atoms with Gasteiger partial charge in [-0.1, -0.05) is 26.7 Å². The van der Waals surface area contributed by atoms with Crippen molar-refractivity contribution in [3.63, 3.8) is 0 Å². The summed E-state index contributed by atoms with van der Waals surface area (Å²) in [7, 11) is 0. The summed E-state index contributed by atoms with van der Waals surface area (Å²) in [6.45, 7) is 7.22. The minimum Gasteiger partial charge on any atom is -0.481 e. The lowest BCUT2D eigenvalue weighted by Crippen LogP contribution is -2.30. The Hall–Kier alpha value is -1.06. The molecule has 106 valence electrons. The van der Waals surface area contributed by atoms with Crippen molar-refractivity contribution in [2.24, 2.45) is 10.8 Å². The Morgan fingerprint density at radius 3 is 1.67 bits per heavy atom. The fraction of sp³-hybridized carbons (Fsp3) is 0.857. The average molecular weight is 258 g/mol. The second-order valence-electron chi connectivity index (χ2n) is 5.69.